The van der Waals surface area contributed by atoms with Crippen molar-refractivity contribution in [1.82, 2.24) is 10.2 Å². The fourth-order valence-corrected chi connectivity index (χ4v) is 2.59. The minimum absolute atomic E-state index is 0.102. The normalized spacial score (nSPS) is 18.3. The Labute approximate surface area is 125 Å². The maximum atomic E-state index is 12.4. The number of phenols is 1. The molecule has 21 heavy (non-hydrogen) atoms. The van der Waals surface area contributed by atoms with Gasteiger partial charge in [0, 0.05) is 19.1 Å². The van der Waals surface area contributed by atoms with Crippen LogP contribution in [-0.2, 0) is 9.53 Å². The topological polar surface area (TPSA) is 61.8 Å². The van der Waals surface area contributed by atoms with Crippen molar-refractivity contribution in [3.63, 3.8) is 0 Å². The van der Waals surface area contributed by atoms with E-state index in [0.29, 0.717) is 26.3 Å². The molecule has 0 spiro atoms. The van der Waals surface area contributed by atoms with E-state index in [-0.39, 0.29) is 23.7 Å². The molecule has 1 amide bonds. The van der Waals surface area contributed by atoms with Gasteiger partial charge in [0.1, 0.15) is 5.75 Å². The molecule has 0 aromatic heterocycles. The molecule has 2 rings (SSSR count). The van der Waals surface area contributed by atoms with Gasteiger partial charge in [0.05, 0.1) is 19.3 Å². The van der Waals surface area contributed by atoms with Gasteiger partial charge in [-0.1, -0.05) is 19.1 Å². The molecule has 1 aliphatic heterocycles. The number of rotatable bonds is 5. The highest BCUT2D eigenvalue weighted by atomic mass is 16.5. The molecule has 2 N–H and O–H groups in total. The predicted octanol–water partition coefficient (Wildman–Crippen LogP) is 1.68. The first-order chi connectivity index (χ1) is 10.1. The van der Waals surface area contributed by atoms with E-state index in [1.54, 1.807) is 12.1 Å². The van der Waals surface area contributed by atoms with Crippen molar-refractivity contribution in [2.24, 2.45) is 0 Å². The van der Waals surface area contributed by atoms with Crippen molar-refractivity contribution in [2.45, 2.75) is 32.4 Å². The highest BCUT2D eigenvalue weighted by molar-refractivity contribution is 5.81. The number of benzene rings is 1. The van der Waals surface area contributed by atoms with Crippen molar-refractivity contribution in [3.8, 4) is 5.75 Å². The number of amides is 1. The lowest BCUT2D eigenvalue weighted by molar-refractivity contribution is -0.137. The minimum Gasteiger partial charge on any atom is -0.508 e. The van der Waals surface area contributed by atoms with Crippen LogP contribution in [0.25, 0.3) is 0 Å². The lowest BCUT2D eigenvalue weighted by atomic mass is 10.0. The molecule has 2 atom stereocenters. The van der Waals surface area contributed by atoms with Gasteiger partial charge in [-0.05, 0) is 31.0 Å². The first-order valence-electron chi connectivity index (χ1n) is 7.53. The van der Waals surface area contributed by atoms with Crippen LogP contribution in [-0.4, -0.2) is 48.3 Å². The van der Waals surface area contributed by atoms with Gasteiger partial charge in [0.15, 0.2) is 0 Å². The SMILES string of the molecule is CCC(NC(C)C(=O)N1CCOCC1)c1ccc(O)cc1. The lowest BCUT2D eigenvalue weighted by Crippen LogP contribution is -2.49. The third-order valence-corrected chi connectivity index (χ3v) is 3.85. The third-order valence-electron chi connectivity index (χ3n) is 3.85. The van der Waals surface area contributed by atoms with Crippen LogP contribution in [0.15, 0.2) is 24.3 Å². The Kier molecular flexibility index (Phi) is 5.59. The van der Waals surface area contributed by atoms with Gasteiger partial charge < -0.3 is 14.7 Å². The lowest BCUT2D eigenvalue weighted by Gasteiger charge is -2.31. The van der Waals surface area contributed by atoms with E-state index in [0.717, 1.165) is 12.0 Å². The van der Waals surface area contributed by atoms with E-state index in [2.05, 4.69) is 12.2 Å². The van der Waals surface area contributed by atoms with Crippen molar-refractivity contribution in [2.75, 3.05) is 26.3 Å². The summed E-state index contributed by atoms with van der Waals surface area (Å²) < 4.78 is 5.27. The summed E-state index contributed by atoms with van der Waals surface area (Å²) in [5.74, 6) is 0.376. The molecule has 1 aromatic carbocycles. The summed E-state index contributed by atoms with van der Waals surface area (Å²) in [4.78, 5) is 14.3. The number of morpholine rings is 1. The van der Waals surface area contributed by atoms with Gasteiger partial charge in [0.25, 0.3) is 0 Å². The molecule has 5 heteroatoms. The molecule has 116 valence electrons. The number of aromatic hydroxyl groups is 1. The van der Waals surface area contributed by atoms with E-state index >= 15 is 0 Å². The molecule has 1 fully saturated rings. The van der Waals surface area contributed by atoms with E-state index < -0.39 is 0 Å². The van der Waals surface area contributed by atoms with E-state index in [9.17, 15) is 9.90 Å². The molecule has 5 nitrogen and oxygen atoms in total. The van der Waals surface area contributed by atoms with Crippen LogP contribution >= 0.6 is 0 Å². The van der Waals surface area contributed by atoms with Gasteiger partial charge >= 0.3 is 0 Å². The molecule has 1 aliphatic rings. The van der Waals surface area contributed by atoms with Crippen LogP contribution in [0, 0.1) is 0 Å². The molecule has 2 unspecified atom stereocenters. The zero-order valence-electron chi connectivity index (χ0n) is 12.7. The summed E-state index contributed by atoms with van der Waals surface area (Å²) in [6, 6.07) is 7.00. The number of carbonyl (C=O) groups excluding carboxylic acids is 1. The highest BCUT2D eigenvalue weighted by Crippen LogP contribution is 2.20. The Bertz CT molecular complexity index is 455. The number of ether oxygens (including phenoxy) is 1. The number of carbonyl (C=O) groups is 1. The highest BCUT2D eigenvalue weighted by Gasteiger charge is 2.24. The average molecular weight is 292 g/mol. The molecule has 0 radical (unpaired) electrons. The molecule has 1 aromatic rings. The van der Waals surface area contributed by atoms with Crippen LogP contribution in [0.3, 0.4) is 0 Å². The quantitative estimate of drug-likeness (QED) is 0.867. The van der Waals surface area contributed by atoms with Gasteiger partial charge in [-0.15, -0.1) is 0 Å². The average Bonchev–Trinajstić information content (AvgIpc) is 2.53. The summed E-state index contributed by atoms with van der Waals surface area (Å²) in [5, 5.41) is 12.7. The van der Waals surface area contributed by atoms with Gasteiger partial charge in [-0.3, -0.25) is 10.1 Å². The second-order valence-electron chi connectivity index (χ2n) is 5.38. The summed E-state index contributed by atoms with van der Waals surface area (Å²) in [7, 11) is 0. The molecule has 0 bridgehead atoms. The largest absolute Gasteiger partial charge is 0.508 e. The van der Waals surface area contributed by atoms with Crippen LogP contribution in [0.1, 0.15) is 31.9 Å². The molecular weight excluding hydrogens is 268 g/mol. The van der Waals surface area contributed by atoms with Crippen molar-refractivity contribution >= 4 is 5.91 Å². The molecular formula is C16H24N2O3. The molecule has 0 aliphatic carbocycles. The molecule has 1 saturated heterocycles. The van der Waals surface area contributed by atoms with Gasteiger partial charge in [0.2, 0.25) is 5.91 Å². The Morgan fingerprint density at radius 2 is 1.95 bits per heavy atom. The number of hydrogen-bond acceptors (Lipinski definition) is 4. The predicted molar refractivity (Wildman–Crippen MR) is 81.1 cm³/mol. The van der Waals surface area contributed by atoms with Crippen LogP contribution in [0.4, 0.5) is 0 Å². The maximum Gasteiger partial charge on any atom is 0.239 e. The third kappa shape index (κ3) is 4.19. The van der Waals surface area contributed by atoms with E-state index in [1.165, 1.54) is 0 Å². The monoisotopic (exact) mass is 292 g/mol. The second-order valence-corrected chi connectivity index (χ2v) is 5.38. The first kappa shape index (κ1) is 15.8. The number of phenolic OH excluding ortho intramolecular Hbond substituents is 1. The van der Waals surface area contributed by atoms with Crippen LogP contribution < -0.4 is 5.32 Å². The summed E-state index contributed by atoms with van der Waals surface area (Å²) in [5.41, 5.74) is 1.08. The van der Waals surface area contributed by atoms with Crippen LogP contribution in [0.5, 0.6) is 5.75 Å². The minimum atomic E-state index is -0.234. The Balaban J connectivity index is 1.96. The summed E-state index contributed by atoms with van der Waals surface area (Å²) >= 11 is 0. The second kappa shape index (κ2) is 7.43. The fourth-order valence-electron chi connectivity index (χ4n) is 2.59. The Morgan fingerprint density at radius 1 is 1.33 bits per heavy atom. The van der Waals surface area contributed by atoms with Crippen molar-refractivity contribution in [3.05, 3.63) is 29.8 Å². The first-order valence-corrected chi connectivity index (χ1v) is 7.53. The van der Waals surface area contributed by atoms with Gasteiger partial charge in [-0.2, -0.15) is 0 Å². The van der Waals surface area contributed by atoms with Crippen molar-refractivity contribution in [1.29, 1.82) is 0 Å². The van der Waals surface area contributed by atoms with Crippen LogP contribution in [0.2, 0.25) is 0 Å². The zero-order valence-corrected chi connectivity index (χ0v) is 12.7. The maximum absolute atomic E-state index is 12.4. The molecule has 0 saturated carbocycles. The van der Waals surface area contributed by atoms with Gasteiger partial charge in [-0.25, -0.2) is 0 Å². The smallest absolute Gasteiger partial charge is 0.239 e. The number of hydrogen-bond donors (Lipinski definition) is 2. The zero-order chi connectivity index (χ0) is 15.2. The number of nitrogens with one attached hydrogen (secondary N) is 1. The van der Waals surface area contributed by atoms with E-state index in [1.807, 2.05) is 24.0 Å². The standard InChI is InChI=1S/C16H24N2O3/c1-3-15(13-4-6-14(19)7-5-13)17-12(2)16(20)18-8-10-21-11-9-18/h4-7,12,15,17,19H,3,8-11H2,1-2H3. The van der Waals surface area contributed by atoms with Crippen molar-refractivity contribution < 1.29 is 14.6 Å². The fraction of sp³-hybridized carbons (Fsp3) is 0.562. The Morgan fingerprint density at radius 3 is 2.52 bits per heavy atom. The number of nitrogens with zero attached hydrogens (tertiary/aromatic N) is 1. The Hall–Kier alpha value is -1.59. The summed E-state index contributed by atoms with van der Waals surface area (Å²) in [6.07, 6.45) is 0.880. The van der Waals surface area contributed by atoms with E-state index in [4.69, 9.17) is 4.74 Å². The summed E-state index contributed by atoms with van der Waals surface area (Å²) in [6.45, 7) is 6.56. The molecule has 1 heterocycles.